The Morgan fingerprint density at radius 3 is 3.07 bits per heavy atom. The van der Waals surface area contributed by atoms with Gasteiger partial charge in [0.25, 0.3) is 0 Å². The zero-order valence-electron chi connectivity index (χ0n) is 9.11. The van der Waals surface area contributed by atoms with Crippen molar-refractivity contribution in [2.45, 2.75) is 18.9 Å². The van der Waals surface area contributed by atoms with Gasteiger partial charge in [0.2, 0.25) is 0 Å². The van der Waals surface area contributed by atoms with Crippen LogP contribution in [0.1, 0.15) is 12.8 Å². The third-order valence-electron chi connectivity index (χ3n) is 2.84. The average molecular weight is 206 g/mol. The van der Waals surface area contributed by atoms with Gasteiger partial charge in [0, 0.05) is 24.3 Å². The second-order valence-electron chi connectivity index (χ2n) is 4.30. The van der Waals surface area contributed by atoms with E-state index in [1.165, 1.54) is 19.4 Å². The van der Waals surface area contributed by atoms with Gasteiger partial charge in [-0.3, -0.25) is 0 Å². The van der Waals surface area contributed by atoms with E-state index in [1.807, 2.05) is 12.1 Å². The molecule has 1 heterocycles. The summed E-state index contributed by atoms with van der Waals surface area (Å²) in [5.74, 6) is 0.323. The number of phenolic OH excluding ortho intramolecular Hbond substituents is 1. The quantitative estimate of drug-likeness (QED) is 0.775. The summed E-state index contributed by atoms with van der Waals surface area (Å²) in [6.07, 6.45) is 2.45. The predicted octanol–water partition coefficient (Wildman–Crippen LogP) is 1.90. The van der Waals surface area contributed by atoms with E-state index in [9.17, 15) is 5.11 Å². The Morgan fingerprint density at radius 1 is 1.47 bits per heavy atom. The Bertz CT molecular complexity index is 327. The maximum atomic E-state index is 9.34. The van der Waals surface area contributed by atoms with Gasteiger partial charge in [-0.15, -0.1) is 0 Å². The van der Waals surface area contributed by atoms with Crippen LogP contribution >= 0.6 is 0 Å². The van der Waals surface area contributed by atoms with Crippen LogP contribution in [0.3, 0.4) is 0 Å². The van der Waals surface area contributed by atoms with Crippen LogP contribution < -0.4 is 5.32 Å². The van der Waals surface area contributed by atoms with Gasteiger partial charge < -0.3 is 15.3 Å². The van der Waals surface area contributed by atoms with E-state index in [1.54, 1.807) is 12.1 Å². The Hall–Kier alpha value is -1.22. The monoisotopic (exact) mass is 206 g/mol. The summed E-state index contributed by atoms with van der Waals surface area (Å²) in [6, 6.07) is 7.83. The normalized spacial score (nSPS) is 22.6. The zero-order chi connectivity index (χ0) is 10.7. The lowest BCUT2D eigenvalue weighted by Gasteiger charge is -2.30. The summed E-state index contributed by atoms with van der Waals surface area (Å²) < 4.78 is 0. The first kappa shape index (κ1) is 10.3. The van der Waals surface area contributed by atoms with Gasteiger partial charge in [-0.25, -0.2) is 0 Å². The molecule has 2 rings (SSSR count). The number of piperidine rings is 1. The predicted molar refractivity (Wildman–Crippen MR) is 62.2 cm³/mol. The van der Waals surface area contributed by atoms with Crippen molar-refractivity contribution in [3.63, 3.8) is 0 Å². The highest BCUT2D eigenvalue weighted by atomic mass is 16.3. The van der Waals surface area contributed by atoms with Crippen molar-refractivity contribution >= 4 is 5.69 Å². The minimum absolute atomic E-state index is 0.323. The van der Waals surface area contributed by atoms with E-state index < -0.39 is 0 Å². The summed E-state index contributed by atoms with van der Waals surface area (Å²) in [5.41, 5.74) is 1.01. The summed E-state index contributed by atoms with van der Waals surface area (Å²) in [7, 11) is 2.15. The third kappa shape index (κ3) is 2.86. The van der Waals surface area contributed by atoms with Crippen molar-refractivity contribution in [3.05, 3.63) is 24.3 Å². The van der Waals surface area contributed by atoms with Crippen molar-refractivity contribution in [2.24, 2.45) is 0 Å². The number of likely N-dealkylation sites (N-methyl/N-ethyl adjacent to an activating group) is 1. The molecule has 15 heavy (non-hydrogen) atoms. The van der Waals surface area contributed by atoms with Gasteiger partial charge in [0.1, 0.15) is 5.75 Å². The van der Waals surface area contributed by atoms with Gasteiger partial charge in [0.05, 0.1) is 0 Å². The number of aromatic hydroxyl groups is 1. The van der Waals surface area contributed by atoms with Crippen LogP contribution in [0, 0.1) is 0 Å². The molecule has 3 heteroatoms. The number of nitrogens with one attached hydrogen (secondary N) is 1. The summed E-state index contributed by atoms with van der Waals surface area (Å²) >= 11 is 0. The first-order valence-electron chi connectivity index (χ1n) is 5.48. The van der Waals surface area contributed by atoms with Crippen molar-refractivity contribution in [2.75, 3.05) is 25.5 Å². The van der Waals surface area contributed by atoms with Crippen molar-refractivity contribution in [1.82, 2.24) is 4.90 Å². The van der Waals surface area contributed by atoms with Crippen molar-refractivity contribution in [3.8, 4) is 5.75 Å². The minimum Gasteiger partial charge on any atom is -0.508 e. The lowest BCUT2D eigenvalue weighted by Crippen LogP contribution is -2.39. The molecule has 0 radical (unpaired) electrons. The lowest BCUT2D eigenvalue weighted by atomic mass is 10.1. The van der Waals surface area contributed by atoms with E-state index in [2.05, 4.69) is 17.3 Å². The number of phenols is 1. The highest BCUT2D eigenvalue weighted by molar-refractivity contribution is 5.48. The van der Waals surface area contributed by atoms with E-state index in [4.69, 9.17) is 0 Å². The third-order valence-corrected chi connectivity index (χ3v) is 2.84. The number of anilines is 1. The fourth-order valence-corrected chi connectivity index (χ4v) is 2.12. The van der Waals surface area contributed by atoms with Crippen LogP contribution in [-0.2, 0) is 0 Å². The van der Waals surface area contributed by atoms with Crippen LogP contribution in [0.5, 0.6) is 5.75 Å². The number of hydrogen-bond donors (Lipinski definition) is 2. The van der Waals surface area contributed by atoms with Gasteiger partial charge in [-0.05, 0) is 38.6 Å². The van der Waals surface area contributed by atoms with Crippen LogP contribution in [0.15, 0.2) is 24.3 Å². The van der Waals surface area contributed by atoms with Crippen LogP contribution in [-0.4, -0.2) is 36.2 Å². The molecule has 1 aromatic rings. The fraction of sp³-hybridized carbons (Fsp3) is 0.500. The Labute approximate surface area is 90.7 Å². The zero-order valence-corrected chi connectivity index (χ0v) is 9.11. The summed E-state index contributed by atoms with van der Waals surface area (Å²) in [5, 5.41) is 12.8. The molecular formula is C12H18N2O. The second kappa shape index (κ2) is 4.53. The molecule has 1 unspecified atom stereocenters. The molecule has 2 N–H and O–H groups in total. The molecular weight excluding hydrogens is 188 g/mol. The molecule has 1 aliphatic rings. The molecule has 1 fully saturated rings. The second-order valence-corrected chi connectivity index (χ2v) is 4.30. The first-order chi connectivity index (χ1) is 7.24. The number of hydrogen-bond acceptors (Lipinski definition) is 3. The molecule has 0 aliphatic carbocycles. The molecule has 1 aromatic carbocycles. The van der Waals surface area contributed by atoms with Crippen molar-refractivity contribution < 1.29 is 5.11 Å². The molecule has 0 saturated carbocycles. The maximum absolute atomic E-state index is 9.34. The smallest absolute Gasteiger partial charge is 0.117 e. The standard InChI is InChI=1S/C12H18N2O/c1-14-7-3-5-11(9-14)13-10-4-2-6-12(15)8-10/h2,4,6,8,11,13,15H,3,5,7,9H2,1H3. The Kier molecular flexibility index (Phi) is 3.11. The summed E-state index contributed by atoms with van der Waals surface area (Å²) in [4.78, 5) is 2.34. The number of nitrogens with zero attached hydrogens (tertiary/aromatic N) is 1. The Morgan fingerprint density at radius 2 is 2.33 bits per heavy atom. The van der Waals surface area contributed by atoms with Gasteiger partial charge in [-0.1, -0.05) is 6.07 Å². The molecule has 3 nitrogen and oxygen atoms in total. The van der Waals surface area contributed by atoms with Crippen LogP contribution in [0.2, 0.25) is 0 Å². The molecule has 0 spiro atoms. The number of benzene rings is 1. The largest absolute Gasteiger partial charge is 0.508 e. The lowest BCUT2D eigenvalue weighted by molar-refractivity contribution is 0.261. The SMILES string of the molecule is CN1CCCC(Nc2cccc(O)c2)C1. The molecule has 1 saturated heterocycles. The van der Waals surface area contributed by atoms with Gasteiger partial charge in [-0.2, -0.15) is 0 Å². The average Bonchev–Trinajstić information content (AvgIpc) is 2.17. The highest BCUT2D eigenvalue weighted by Crippen LogP contribution is 2.19. The maximum Gasteiger partial charge on any atom is 0.117 e. The fourth-order valence-electron chi connectivity index (χ4n) is 2.12. The number of rotatable bonds is 2. The topological polar surface area (TPSA) is 35.5 Å². The first-order valence-corrected chi connectivity index (χ1v) is 5.48. The molecule has 0 amide bonds. The van der Waals surface area contributed by atoms with Gasteiger partial charge >= 0.3 is 0 Å². The van der Waals surface area contributed by atoms with E-state index in [0.717, 1.165) is 12.2 Å². The van der Waals surface area contributed by atoms with Crippen molar-refractivity contribution in [1.29, 1.82) is 0 Å². The highest BCUT2D eigenvalue weighted by Gasteiger charge is 2.16. The molecule has 1 aliphatic heterocycles. The van der Waals surface area contributed by atoms with Crippen LogP contribution in [0.25, 0.3) is 0 Å². The Balaban J connectivity index is 1.96. The number of likely N-dealkylation sites (tertiary alicyclic amines) is 1. The molecule has 0 bridgehead atoms. The molecule has 82 valence electrons. The molecule has 1 atom stereocenters. The van der Waals surface area contributed by atoms with E-state index in [-0.39, 0.29) is 0 Å². The minimum atomic E-state index is 0.323. The summed E-state index contributed by atoms with van der Waals surface area (Å²) in [6.45, 7) is 2.27. The van der Waals surface area contributed by atoms with Crippen LogP contribution in [0.4, 0.5) is 5.69 Å². The van der Waals surface area contributed by atoms with E-state index in [0.29, 0.717) is 11.8 Å². The van der Waals surface area contributed by atoms with E-state index >= 15 is 0 Å². The van der Waals surface area contributed by atoms with Gasteiger partial charge in [0.15, 0.2) is 0 Å². The molecule has 0 aromatic heterocycles.